The summed E-state index contributed by atoms with van der Waals surface area (Å²) in [6.07, 6.45) is -5.47. The Hall–Kier alpha value is -3.10. The number of rotatable bonds is 4. The van der Waals surface area contributed by atoms with Gasteiger partial charge < -0.3 is 15.4 Å². The molecule has 2 aromatic rings. The number of carbonyl (C=O) groups excluding carboxylic acids is 2. The maximum atomic E-state index is 12.7. The van der Waals surface area contributed by atoms with Crippen LogP contribution < -0.4 is 15.4 Å². The number of nitrogens with zero attached hydrogens (tertiary/aromatic N) is 1. The minimum Gasteiger partial charge on any atom is -0.464 e. The molecule has 2 heterocycles. The van der Waals surface area contributed by atoms with Crippen LogP contribution in [0.1, 0.15) is 33.2 Å². The van der Waals surface area contributed by atoms with Gasteiger partial charge in [0.2, 0.25) is 5.88 Å². The van der Waals surface area contributed by atoms with Crippen molar-refractivity contribution in [3.63, 3.8) is 0 Å². The molecule has 9 heteroatoms. The number of hydrogen-bond donors (Lipinski definition) is 2. The molecule has 0 saturated carbocycles. The lowest BCUT2D eigenvalue weighted by Gasteiger charge is -2.18. The van der Waals surface area contributed by atoms with Crippen molar-refractivity contribution in [3.8, 4) is 5.88 Å². The van der Waals surface area contributed by atoms with E-state index in [-0.39, 0.29) is 11.5 Å². The van der Waals surface area contributed by atoms with Crippen molar-refractivity contribution in [2.75, 3.05) is 5.32 Å². The van der Waals surface area contributed by atoms with Crippen LogP contribution in [0.4, 0.5) is 18.9 Å². The second-order valence-corrected chi connectivity index (χ2v) is 5.67. The van der Waals surface area contributed by atoms with E-state index in [2.05, 4.69) is 15.6 Å². The van der Waals surface area contributed by atoms with Crippen LogP contribution in [0, 0.1) is 0 Å². The Morgan fingerprint density at radius 1 is 1.35 bits per heavy atom. The van der Waals surface area contributed by atoms with Crippen LogP contribution in [0.25, 0.3) is 0 Å². The van der Waals surface area contributed by atoms with E-state index in [9.17, 15) is 22.8 Å². The van der Waals surface area contributed by atoms with Crippen LogP contribution in [0.2, 0.25) is 0 Å². The number of ether oxygens (including phenoxy) is 1. The molecule has 0 bridgehead atoms. The average Bonchev–Trinajstić information content (AvgIpc) is 2.95. The molecule has 0 fully saturated rings. The molecule has 1 aliphatic heterocycles. The van der Waals surface area contributed by atoms with E-state index >= 15 is 0 Å². The predicted molar refractivity (Wildman–Crippen MR) is 85.9 cm³/mol. The summed E-state index contributed by atoms with van der Waals surface area (Å²) < 4.78 is 42.9. The van der Waals surface area contributed by atoms with Crippen LogP contribution in [0.15, 0.2) is 36.5 Å². The molecule has 6 nitrogen and oxygen atoms in total. The zero-order valence-electron chi connectivity index (χ0n) is 13.6. The largest absolute Gasteiger partial charge is 0.464 e. The fourth-order valence-corrected chi connectivity index (χ4v) is 2.38. The molecule has 1 aliphatic rings. The molecule has 1 atom stereocenters. The molecule has 0 saturated heterocycles. The summed E-state index contributed by atoms with van der Waals surface area (Å²) in [5, 5.41) is 5.19. The summed E-state index contributed by atoms with van der Waals surface area (Å²) in [7, 11) is 0. The molecule has 3 rings (SSSR count). The van der Waals surface area contributed by atoms with Gasteiger partial charge in [-0.2, -0.15) is 13.2 Å². The van der Waals surface area contributed by atoms with Gasteiger partial charge in [-0.1, -0.05) is 6.07 Å². The Morgan fingerprint density at radius 3 is 2.85 bits per heavy atom. The van der Waals surface area contributed by atoms with Crippen molar-refractivity contribution < 1.29 is 27.5 Å². The second-order valence-electron chi connectivity index (χ2n) is 5.67. The van der Waals surface area contributed by atoms with E-state index in [1.807, 2.05) is 0 Å². The van der Waals surface area contributed by atoms with Crippen LogP contribution in [-0.2, 0) is 6.54 Å². The first-order valence-corrected chi connectivity index (χ1v) is 7.66. The zero-order chi connectivity index (χ0) is 18.9. The van der Waals surface area contributed by atoms with Crippen LogP contribution in [-0.4, -0.2) is 29.1 Å². The summed E-state index contributed by atoms with van der Waals surface area (Å²) >= 11 is 0. The summed E-state index contributed by atoms with van der Waals surface area (Å²) in [5.74, 6) is -1.37. The molecular weight excluding hydrogens is 351 g/mol. The fraction of sp³-hybridized carbons (Fsp3) is 0.235. The van der Waals surface area contributed by atoms with Gasteiger partial charge in [0.1, 0.15) is 5.56 Å². The SMILES string of the molecule is C[C@@H](Oc1ncccc1C(=O)Nc1ccc2c(c1)C(=O)NC2)C(F)(F)F. The number of pyridine rings is 1. The minimum atomic E-state index is -4.58. The first-order chi connectivity index (χ1) is 12.3. The lowest BCUT2D eigenvalue weighted by atomic mass is 10.1. The molecule has 1 aromatic carbocycles. The Balaban J connectivity index is 1.81. The van der Waals surface area contributed by atoms with Gasteiger partial charge in [0.25, 0.3) is 11.8 Å². The number of carbonyl (C=O) groups is 2. The van der Waals surface area contributed by atoms with Gasteiger partial charge in [-0.3, -0.25) is 9.59 Å². The Bertz CT molecular complexity index is 868. The van der Waals surface area contributed by atoms with Crippen LogP contribution in [0.3, 0.4) is 0 Å². The van der Waals surface area contributed by atoms with Gasteiger partial charge >= 0.3 is 6.18 Å². The van der Waals surface area contributed by atoms with Crippen molar-refractivity contribution in [2.45, 2.75) is 25.7 Å². The number of fused-ring (bicyclic) bond motifs is 1. The number of benzene rings is 1. The van der Waals surface area contributed by atoms with E-state index in [1.54, 1.807) is 12.1 Å². The maximum absolute atomic E-state index is 12.7. The highest BCUT2D eigenvalue weighted by Crippen LogP contribution is 2.26. The fourth-order valence-electron chi connectivity index (χ4n) is 2.38. The summed E-state index contributed by atoms with van der Waals surface area (Å²) in [4.78, 5) is 27.8. The highest BCUT2D eigenvalue weighted by atomic mass is 19.4. The van der Waals surface area contributed by atoms with Crippen LogP contribution in [0.5, 0.6) is 5.88 Å². The van der Waals surface area contributed by atoms with E-state index in [1.165, 1.54) is 24.4 Å². The van der Waals surface area contributed by atoms with Crippen molar-refractivity contribution in [3.05, 3.63) is 53.2 Å². The standard InChI is InChI=1S/C17H14F3N3O3/c1-9(17(18,19)20)26-16-12(3-2-6-21-16)15(25)23-11-5-4-10-8-22-14(24)13(10)7-11/h2-7,9H,8H2,1H3,(H,22,24)(H,23,25)/t9-/m1/s1. The maximum Gasteiger partial charge on any atom is 0.425 e. The zero-order valence-corrected chi connectivity index (χ0v) is 13.6. The lowest BCUT2D eigenvalue weighted by Crippen LogP contribution is -2.32. The van der Waals surface area contributed by atoms with E-state index < -0.39 is 24.1 Å². The molecule has 1 aromatic heterocycles. The lowest BCUT2D eigenvalue weighted by molar-refractivity contribution is -0.190. The van der Waals surface area contributed by atoms with Gasteiger partial charge in [-0.25, -0.2) is 4.98 Å². The smallest absolute Gasteiger partial charge is 0.425 e. The van der Waals surface area contributed by atoms with E-state index in [0.29, 0.717) is 17.8 Å². The van der Waals surface area contributed by atoms with Crippen molar-refractivity contribution in [1.82, 2.24) is 10.3 Å². The van der Waals surface area contributed by atoms with Crippen molar-refractivity contribution in [2.24, 2.45) is 0 Å². The molecular formula is C17H14F3N3O3. The van der Waals surface area contributed by atoms with E-state index in [4.69, 9.17) is 4.74 Å². The third kappa shape index (κ3) is 3.61. The van der Waals surface area contributed by atoms with Gasteiger partial charge in [-0.05, 0) is 36.8 Å². The number of alkyl halides is 3. The van der Waals surface area contributed by atoms with Crippen molar-refractivity contribution >= 4 is 17.5 Å². The average molecular weight is 365 g/mol. The number of hydrogen-bond acceptors (Lipinski definition) is 4. The summed E-state index contributed by atoms with van der Waals surface area (Å²) in [6.45, 7) is 1.24. The summed E-state index contributed by atoms with van der Waals surface area (Å²) in [6, 6.07) is 7.52. The Labute approximate surface area is 146 Å². The Kier molecular flexibility index (Phi) is 4.54. The second kappa shape index (κ2) is 6.66. The first kappa shape index (κ1) is 17.7. The third-order valence-corrected chi connectivity index (χ3v) is 3.82. The minimum absolute atomic E-state index is 0.145. The highest BCUT2D eigenvalue weighted by molar-refractivity contribution is 6.07. The Morgan fingerprint density at radius 2 is 2.12 bits per heavy atom. The van der Waals surface area contributed by atoms with Crippen molar-refractivity contribution in [1.29, 1.82) is 0 Å². The highest BCUT2D eigenvalue weighted by Gasteiger charge is 2.39. The third-order valence-electron chi connectivity index (χ3n) is 3.82. The molecule has 0 spiro atoms. The molecule has 26 heavy (non-hydrogen) atoms. The molecule has 2 amide bonds. The quantitative estimate of drug-likeness (QED) is 0.873. The van der Waals surface area contributed by atoms with Gasteiger partial charge in [-0.15, -0.1) is 0 Å². The van der Waals surface area contributed by atoms with Gasteiger partial charge in [0.05, 0.1) is 0 Å². The number of amides is 2. The summed E-state index contributed by atoms with van der Waals surface area (Å²) in [5.41, 5.74) is 1.44. The number of nitrogens with one attached hydrogen (secondary N) is 2. The number of aromatic nitrogens is 1. The van der Waals surface area contributed by atoms with Gasteiger partial charge in [0.15, 0.2) is 6.10 Å². The monoisotopic (exact) mass is 365 g/mol. The molecule has 136 valence electrons. The predicted octanol–water partition coefficient (Wildman–Crippen LogP) is 2.91. The van der Waals surface area contributed by atoms with Crippen LogP contribution >= 0.6 is 0 Å². The molecule has 0 unspecified atom stereocenters. The molecule has 0 aliphatic carbocycles. The number of anilines is 1. The topological polar surface area (TPSA) is 80.3 Å². The first-order valence-electron chi connectivity index (χ1n) is 7.66. The molecule has 0 radical (unpaired) electrons. The molecule has 2 N–H and O–H groups in total. The van der Waals surface area contributed by atoms with E-state index in [0.717, 1.165) is 12.5 Å². The van der Waals surface area contributed by atoms with Gasteiger partial charge in [0, 0.05) is 24.0 Å². The number of halogens is 3. The normalized spacial score (nSPS) is 14.4.